The van der Waals surface area contributed by atoms with Crippen LogP contribution in [0.4, 0.5) is 0 Å². The van der Waals surface area contributed by atoms with Gasteiger partial charge in [0.1, 0.15) is 0 Å². The van der Waals surface area contributed by atoms with Gasteiger partial charge >= 0.3 is 27.7 Å². The summed E-state index contributed by atoms with van der Waals surface area (Å²) < 4.78 is 26.3. The minimum atomic E-state index is 0. The van der Waals surface area contributed by atoms with Gasteiger partial charge in [-0.1, -0.05) is 24.3 Å². The maximum atomic E-state index is 5.47. The average molecular weight is 578 g/mol. The van der Waals surface area contributed by atoms with Crippen LogP contribution in [0.25, 0.3) is 0 Å². The normalized spacial score (nSPS) is 9.96. The molecule has 0 heterocycles. The van der Waals surface area contributed by atoms with Crippen LogP contribution in [0, 0.1) is 6.07 Å². The molecule has 0 saturated carbocycles. The molecule has 0 unspecified atom stereocenters. The largest absolute Gasteiger partial charge is 1.00 e. The van der Waals surface area contributed by atoms with E-state index in [9.17, 15) is 0 Å². The zero-order valence-electron chi connectivity index (χ0n) is 13.8. The summed E-state index contributed by atoms with van der Waals surface area (Å²) in [5.41, 5.74) is 1.05. The van der Waals surface area contributed by atoms with Crippen molar-refractivity contribution in [2.75, 3.05) is 60.0 Å². The third-order valence-electron chi connectivity index (χ3n) is 2.58. The molecular weight excluding hydrogens is 553 g/mol. The van der Waals surface area contributed by atoms with E-state index in [-0.39, 0.29) is 44.7 Å². The van der Waals surface area contributed by atoms with Crippen LogP contribution in [-0.2, 0) is 58.0 Å². The molecule has 128 valence electrons. The smallest absolute Gasteiger partial charge is 1.00 e. The summed E-state index contributed by atoms with van der Waals surface area (Å²) in [4.78, 5) is 0. The molecule has 0 N–H and O–H groups in total. The maximum Gasteiger partial charge on any atom is 1.00 e. The molecule has 23 heavy (non-hydrogen) atoms. The van der Waals surface area contributed by atoms with Crippen LogP contribution in [0.2, 0.25) is 0 Å². The Morgan fingerprint density at radius 2 is 1.30 bits per heavy atom. The molecule has 0 aliphatic heterocycles. The summed E-state index contributed by atoms with van der Waals surface area (Å²) in [5.74, 6) is 0. The minimum absolute atomic E-state index is 0. The SMILES string of the molecule is COCCOCCOCCOCCOCc1[c]cccc1.[Br-].[Hg+]. The third-order valence-corrected chi connectivity index (χ3v) is 2.58. The van der Waals surface area contributed by atoms with Crippen molar-refractivity contribution in [1.29, 1.82) is 0 Å². The number of rotatable bonds is 14. The van der Waals surface area contributed by atoms with Gasteiger partial charge in [0.25, 0.3) is 0 Å². The Bertz CT molecular complexity index is 330. The second-order valence-corrected chi connectivity index (χ2v) is 4.27. The van der Waals surface area contributed by atoms with E-state index in [4.69, 9.17) is 23.7 Å². The molecule has 5 nitrogen and oxygen atoms in total. The molecule has 0 aliphatic carbocycles. The fraction of sp³-hybridized carbons (Fsp3) is 0.625. The molecule has 2 radical (unpaired) electrons. The molecular formula is C16H25BrHgO5. The fourth-order valence-corrected chi connectivity index (χ4v) is 1.50. The molecule has 0 atom stereocenters. The van der Waals surface area contributed by atoms with Crippen LogP contribution in [0.15, 0.2) is 24.3 Å². The van der Waals surface area contributed by atoms with E-state index in [2.05, 4.69) is 6.07 Å². The molecule has 7 heteroatoms. The van der Waals surface area contributed by atoms with E-state index in [0.29, 0.717) is 59.5 Å². The molecule has 0 saturated heterocycles. The number of halogens is 1. The van der Waals surface area contributed by atoms with Crippen LogP contribution < -0.4 is 17.0 Å². The number of benzene rings is 1. The van der Waals surface area contributed by atoms with Crippen molar-refractivity contribution in [2.45, 2.75) is 6.61 Å². The Kier molecular flexibility index (Phi) is 22.9. The van der Waals surface area contributed by atoms with Gasteiger partial charge in [-0.25, -0.2) is 0 Å². The zero-order chi connectivity index (χ0) is 15.0. The van der Waals surface area contributed by atoms with Crippen LogP contribution in [0.3, 0.4) is 0 Å². The van der Waals surface area contributed by atoms with Gasteiger partial charge in [-0.15, -0.1) is 0 Å². The van der Waals surface area contributed by atoms with Crippen molar-refractivity contribution in [3.05, 3.63) is 35.9 Å². The Hall–Kier alpha value is 0.435. The van der Waals surface area contributed by atoms with Gasteiger partial charge in [-0.05, 0) is 11.6 Å². The van der Waals surface area contributed by atoms with Gasteiger partial charge in [0.2, 0.25) is 0 Å². The van der Waals surface area contributed by atoms with E-state index in [0.717, 1.165) is 5.56 Å². The van der Waals surface area contributed by atoms with E-state index in [1.165, 1.54) is 0 Å². The molecule has 0 aliphatic rings. The average Bonchev–Trinajstić information content (AvgIpc) is 2.53. The summed E-state index contributed by atoms with van der Waals surface area (Å²) in [6, 6.07) is 10.9. The van der Waals surface area contributed by atoms with Crippen molar-refractivity contribution >= 4 is 0 Å². The van der Waals surface area contributed by atoms with Gasteiger partial charge in [0.15, 0.2) is 0 Å². The molecule has 1 rings (SSSR count). The first-order valence-electron chi connectivity index (χ1n) is 7.19. The third kappa shape index (κ3) is 17.1. The summed E-state index contributed by atoms with van der Waals surface area (Å²) in [7, 11) is 1.65. The van der Waals surface area contributed by atoms with Crippen LogP contribution >= 0.6 is 0 Å². The molecule has 0 fully saturated rings. The second kappa shape index (κ2) is 20.5. The molecule has 0 aromatic heterocycles. The van der Waals surface area contributed by atoms with Gasteiger partial charge < -0.3 is 40.7 Å². The topological polar surface area (TPSA) is 46.2 Å². The zero-order valence-corrected chi connectivity index (χ0v) is 20.9. The van der Waals surface area contributed by atoms with Crippen molar-refractivity contribution in [1.82, 2.24) is 0 Å². The Morgan fingerprint density at radius 1 is 0.783 bits per heavy atom. The Morgan fingerprint density at radius 3 is 1.78 bits per heavy atom. The van der Waals surface area contributed by atoms with Gasteiger partial charge in [-0.3, -0.25) is 0 Å². The Labute approximate surface area is 170 Å². The van der Waals surface area contributed by atoms with Crippen molar-refractivity contribution < 1.29 is 68.3 Å². The van der Waals surface area contributed by atoms with Gasteiger partial charge in [-0.2, -0.15) is 0 Å². The number of ether oxygens (including phenoxy) is 5. The number of hydrogen-bond acceptors (Lipinski definition) is 5. The monoisotopic (exact) mass is 578 g/mol. The number of methoxy groups -OCH3 is 1. The van der Waals surface area contributed by atoms with E-state index in [1.807, 2.05) is 24.3 Å². The Balaban J connectivity index is 0. The minimum Gasteiger partial charge on any atom is -1.00 e. The first-order chi connectivity index (χ1) is 10.4. The van der Waals surface area contributed by atoms with Crippen molar-refractivity contribution in [2.24, 2.45) is 0 Å². The van der Waals surface area contributed by atoms with Crippen LogP contribution in [0.5, 0.6) is 0 Å². The molecule has 0 amide bonds. The summed E-state index contributed by atoms with van der Waals surface area (Å²) in [6.45, 7) is 5.23. The van der Waals surface area contributed by atoms with Crippen LogP contribution in [0.1, 0.15) is 5.56 Å². The van der Waals surface area contributed by atoms with Crippen LogP contribution in [-0.4, -0.2) is 60.0 Å². The van der Waals surface area contributed by atoms with E-state index in [1.54, 1.807) is 7.11 Å². The molecule has 0 bridgehead atoms. The fourth-order valence-electron chi connectivity index (χ4n) is 1.50. The molecule has 1 aromatic rings. The first-order valence-corrected chi connectivity index (χ1v) is 7.19. The molecule has 0 spiro atoms. The molecule has 1 aromatic carbocycles. The first kappa shape index (κ1) is 25.7. The van der Waals surface area contributed by atoms with Gasteiger partial charge in [0, 0.05) is 7.11 Å². The van der Waals surface area contributed by atoms with E-state index < -0.39 is 0 Å². The predicted molar refractivity (Wildman–Crippen MR) is 79.3 cm³/mol. The summed E-state index contributed by atoms with van der Waals surface area (Å²) in [5, 5.41) is 0. The van der Waals surface area contributed by atoms with Crippen molar-refractivity contribution in [3.63, 3.8) is 0 Å². The summed E-state index contributed by atoms with van der Waals surface area (Å²) >= 11 is 0. The standard InChI is InChI=1S/C16H25O5.BrH.Hg/c1-17-7-8-18-9-10-19-11-12-20-13-14-21-15-16-5-3-2-4-6-16;;/h2-5H,7-15H2,1H3;1H;/q;;+1/p-1. The number of hydrogen-bond donors (Lipinski definition) is 0. The summed E-state index contributed by atoms with van der Waals surface area (Å²) in [6.07, 6.45) is 0. The second-order valence-electron chi connectivity index (χ2n) is 4.27. The predicted octanol–water partition coefficient (Wildman–Crippen LogP) is -1.30. The van der Waals surface area contributed by atoms with Crippen molar-refractivity contribution in [3.8, 4) is 0 Å². The quantitative estimate of drug-likeness (QED) is 0.203. The maximum absolute atomic E-state index is 5.47. The van der Waals surface area contributed by atoms with Gasteiger partial charge in [0.05, 0.1) is 59.5 Å². The van der Waals surface area contributed by atoms with E-state index >= 15 is 0 Å².